The molecule has 102 valence electrons. The van der Waals surface area contributed by atoms with Gasteiger partial charge in [0.25, 0.3) is 0 Å². The van der Waals surface area contributed by atoms with E-state index in [1.165, 1.54) is 25.0 Å². The largest absolute Gasteiger partial charge is 0.370 e. The van der Waals surface area contributed by atoms with Crippen LogP contribution < -0.4 is 5.73 Å². The van der Waals surface area contributed by atoms with Gasteiger partial charge < -0.3 is 10.6 Å². The zero-order chi connectivity index (χ0) is 13.6. The van der Waals surface area contributed by atoms with Crippen LogP contribution in [-0.4, -0.2) is 23.9 Å². The number of aliphatic imine (C=N–C) groups is 1. The fraction of sp³-hybridized carbons (Fsp3) is 0.500. The number of guanidine groups is 1. The number of benzene rings is 1. The van der Waals surface area contributed by atoms with Crippen LogP contribution in [0.2, 0.25) is 0 Å². The van der Waals surface area contributed by atoms with Crippen molar-refractivity contribution in [3.63, 3.8) is 0 Å². The van der Waals surface area contributed by atoms with Crippen LogP contribution in [0.4, 0.5) is 8.78 Å². The Bertz CT molecular complexity index is 539. The van der Waals surface area contributed by atoms with Crippen LogP contribution in [-0.2, 0) is 5.54 Å². The maximum atomic E-state index is 13.4. The van der Waals surface area contributed by atoms with Gasteiger partial charge in [0.2, 0.25) is 0 Å². The molecule has 2 N–H and O–H groups in total. The van der Waals surface area contributed by atoms with E-state index in [1.54, 1.807) is 6.07 Å². The van der Waals surface area contributed by atoms with Gasteiger partial charge in [-0.2, -0.15) is 0 Å². The molecule has 3 nitrogen and oxygen atoms in total. The Hall–Kier alpha value is -1.65. The van der Waals surface area contributed by atoms with Crippen LogP contribution in [0.1, 0.15) is 25.3 Å². The molecule has 0 radical (unpaired) electrons. The van der Waals surface area contributed by atoms with Gasteiger partial charge in [-0.05, 0) is 43.4 Å². The third-order valence-electron chi connectivity index (χ3n) is 4.10. The lowest BCUT2D eigenvalue weighted by atomic mass is 9.90. The first kappa shape index (κ1) is 12.4. The lowest BCUT2D eigenvalue weighted by Gasteiger charge is -2.37. The smallest absolute Gasteiger partial charge is 0.192 e. The standard InChI is InChI=1S/C14H17F2N3/c1-14(10-4-5-11(15)12(16)6-10)8-18-13(17)19(14)7-9-2-3-9/h4-6,9H,2-3,7-8H2,1H3,(H2,17,18). The fourth-order valence-corrected chi connectivity index (χ4v) is 2.59. The van der Waals surface area contributed by atoms with Crippen LogP contribution in [0.5, 0.6) is 0 Å². The topological polar surface area (TPSA) is 41.6 Å². The number of halogens is 2. The maximum Gasteiger partial charge on any atom is 0.192 e. The minimum absolute atomic E-state index is 0.471. The Morgan fingerprint density at radius 2 is 2.11 bits per heavy atom. The van der Waals surface area contributed by atoms with Crippen molar-refractivity contribution in [3.8, 4) is 0 Å². The zero-order valence-corrected chi connectivity index (χ0v) is 10.9. The van der Waals surface area contributed by atoms with Crippen molar-refractivity contribution >= 4 is 5.96 Å². The molecule has 0 amide bonds. The van der Waals surface area contributed by atoms with E-state index in [0.717, 1.165) is 12.1 Å². The zero-order valence-electron chi connectivity index (χ0n) is 10.9. The Balaban J connectivity index is 1.93. The lowest BCUT2D eigenvalue weighted by Crippen LogP contribution is -2.48. The van der Waals surface area contributed by atoms with E-state index in [0.29, 0.717) is 18.4 Å². The summed E-state index contributed by atoms with van der Waals surface area (Å²) in [6.45, 7) is 3.30. The number of hydrogen-bond acceptors (Lipinski definition) is 3. The summed E-state index contributed by atoms with van der Waals surface area (Å²) in [6, 6.07) is 4.04. The van der Waals surface area contributed by atoms with E-state index in [1.807, 2.05) is 11.8 Å². The molecule has 5 heteroatoms. The Labute approximate surface area is 111 Å². The molecule has 1 saturated carbocycles. The number of rotatable bonds is 3. The van der Waals surface area contributed by atoms with E-state index in [2.05, 4.69) is 4.99 Å². The number of nitrogens with two attached hydrogens (primary N) is 1. The van der Waals surface area contributed by atoms with Crippen LogP contribution in [0.3, 0.4) is 0 Å². The van der Waals surface area contributed by atoms with Crippen molar-refractivity contribution in [2.75, 3.05) is 13.1 Å². The molecule has 1 unspecified atom stereocenters. The highest BCUT2D eigenvalue weighted by atomic mass is 19.2. The summed E-state index contributed by atoms with van der Waals surface area (Å²) in [4.78, 5) is 6.31. The van der Waals surface area contributed by atoms with Gasteiger partial charge >= 0.3 is 0 Å². The molecule has 1 fully saturated rings. The summed E-state index contributed by atoms with van der Waals surface area (Å²) in [7, 11) is 0. The van der Waals surface area contributed by atoms with E-state index in [9.17, 15) is 8.78 Å². The second-order valence-electron chi connectivity index (χ2n) is 5.63. The van der Waals surface area contributed by atoms with Crippen molar-refractivity contribution in [1.29, 1.82) is 0 Å². The van der Waals surface area contributed by atoms with Gasteiger partial charge in [0.15, 0.2) is 17.6 Å². The molecule has 0 saturated heterocycles. The Morgan fingerprint density at radius 3 is 2.74 bits per heavy atom. The van der Waals surface area contributed by atoms with Gasteiger partial charge in [0.05, 0.1) is 12.1 Å². The maximum absolute atomic E-state index is 13.4. The first-order valence-corrected chi connectivity index (χ1v) is 6.54. The second-order valence-corrected chi connectivity index (χ2v) is 5.63. The normalized spacial score (nSPS) is 26.7. The van der Waals surface area contributed by atoms with E-state index < -0.39 is 17.2 Å². The van der Waals surface area contributed by atoms with Crippen molar-refractivity contribution < 1.29 is 8.78 Å². The average molecular weight is 265 g/mol. The summed E-state index contributed by atoms with van der Waals surface area (Å²) in [5.74, 6) is -0.501. The van der Waals surface area contributed by atoms with Crippen molar-refractivity contribution in [2.24, 2.45) is 16.6 Å². The predicted molar refractivity (Wildman–Crippen MR) is 69.6 cm³/mol. The molecule has 1 aromatic carbocycles. The summed E-state index contributed by atoms with van der Waals surface area (Å²) in [5.41, 5.74) is 6.19. The molecule has 0 spiro atoms. The molecule has 0 aromatic heterocycles. The van der Waals surface area contributed by atoms with E-state index >= 15 is 0 Å². The molecule has 1 heterocycles. The average Bonchev–Trinajstić information content (AvgIpc) is 3.15. The highest BCUT2D eigenvalue weighted by molar-refractivity contribution is 5.81. The predicted octanol–water partition coefficient (Wildman–Crippen LogP) is 2.22. The van der Waals surface area contributed by atoms with Gasteiger partial charge in [-0.3, -0.25) is 4.99 Å². The molecular weight excluding hydrogens is 248 g/mol. The van der Waals surface area contributed by atoms with Gasteiger partial charge in [-0.25, -0.2) is 8.78 Å². The fourth-order valence-electron chi connectivity index (χ4n) is 2.59. The third-order valence-corrected chi connectivity index (χ3v) is 4.10. The SMILES string of the molecule is CC1(c2ccc(F)c(F)c2)CN=C(N)N1CC1CC1. The van der Waals surface area contributed by atoms with Gasteiger partial charge in [0.1, 0.15) is 0 Å². The number of nitrogens with zero attached hydrogens (tertiary/aromatic N) is 2. The van der Waals surface area contributed by atoms with Gasteiger partial charge in [-0.1, -0.05) is 6.07 Å². The minimum atomic E-state index is -0.826. The van der Waals surface area contributed by atoms with Gasteiger partial charge in [-0.15, -0.1) is 0 Å². The van der Waals surface area contributed by atoms with E-state index in [4.69, 9.17) is 5.73 Å². The third kappa shape index (κ3) is 2.07. The summed E-state index contributed by atoms with van der Waals surface area (Å²) in [5, 5.41) is 0. The lowest BCUT2D eigenvalue weighted by molar-refractivity contribution is 0.216. The van der Waals surface area contributed by atoms with Crippen LogP contribution >= 0.6 is 0 Å². The summed E-state index contributed by atoms with van der Waals surface area (Å²) >= 11 is 0. The first-order chi connectivity index (χ1) is 9.00. The van der Waals surface area contributed by atoms with Gasteiger partial charge in [0, 0.05) is 6.54 Å². The molecule has 1 atom stereocenters. The molecule has 1 aromatic rings. The Kier molecular flexibility index (Phi) is 2.73. The molecule has 1 aliphatic heterocycles. The molecule has 1 aliphatic carbocycles. The van der Waals surface area contributed by atoms with Crippen LogP contribution in [0, 0.1) is 17.6 Å². The quantitative estimate of drug-likeness (QED) is 0.910. The molecule has 0 bridgehead atoms. The summed E-state index contributed by atoms with van der Waals surface area (Å²) in [6.07, 6.45) is 2.41. The number of hydrogen-bond donors (Lipinski definition) is 1. The van der Waals surface area contributed by atoms with Crippen molar-refractivity contribution in [2.45, 2.75) is 25.3 Å². The monoisotopic (exact) mass is 265 g/mol. The molecule has 2 aliphatic rings. The van der Waals surface area contributed by atoms with Crippen molar-refractivity contribution in [1.82, 2.24) is 4.90 Å². The highest BCUT2D eigenvalue weighted by Gasteiger charge is 2.42. The van der Waals surface area contributed by atoms with Crippen molar-refractivity contribution in [3.05, 3.63) is 35.4 Å². The van der Waals surface area contributed by atoms with Crippen LogP contribution in [0.25, 0.3) is 0 Å². The molecule has 19 heavy (non-hydrogen) atoms. The van der Waals surface area contributed by atoms with E-state index in [-0.39, 0.29) is 0 Å². The second kappa shape index (κ2) is 4.18. The first-order valence-electron chi connectivity index (χ1n) is 6.54. The Morgan fingerprint density at radius 1 is 1.37 bits per heavy atom. The summed E-state index contributed by atoms with van der Waals surface area (Å²) < 4.78 is 26.5. The molecule has 3 rings (SSSR count). The minimum Gasteiger partial charge on any atom is -0.370 e. The highest BCUT2D eigenvalue weighted by Crippen LogP contribution is 2.38. The molecular formula is C14H17F2N3. The van der Waals surface area contributed by atoms with Crippen LogP contribution in [0.15, 0.2) is 23.2 Å².